The molecule has 4 rings (SSSR count). The third-order valence-corrected chi connectivity index (χ3v) is 5.79. The van der Waals surface area contributed by atoms with E-state index in [1.807, 2.05) is 0 Å². The van der Waals surface area contributed by atoms with E-state index in [0.29, 0.717) is 0 Å². The third kappa shape index (κ3) is 3.97. The number of ether oxygens (including phenoxy) is 2. The van der Waals surface area contributed by atoms with Crippen molar-refractivity contribution >= 4 is 35.1 Å². The molecule has 0 bridgehead atoms. The molecule has 0 unspecified atom stereocenters. The molecule has 0 aliphatic carbocycles. The van der Waals surface area contributed by atoms with Crippen LogP contribution in [0.5, 0.6) is 0 Å². The van der Waals surface area contributed by atoms with Crippen LogP contribution in [0, 0.1) is 11.6 Å². The number of carbonyl (C=O) groups excluding carboxylic acids is 4. The fourth-order valence-corrected chi connectivity index (χ4v) is 3.98. The van der Waals surface area contributed by atoms with Crippen LogP contribution in [0.2, 0.25) is 0 Å². The summed E-state index contributed by atoms with van der Waals surface area (Å²) in [7, 11) is 2.72. The van der Waals surface area contributed by atoms with Crippen molar-refractivity contribution in [2.24, 2.45) is 0 Å². The number of rotatable bonds is 4. The number of anilines is 2. The van der Waals surface area contributed by atoms with Gasteiger partial charge in [0.25, 0.3) is 23.0 Å². The molecule has 2 N–H and O–H groups in total. The van der Waals surface area contributed by atoms with Gasteiger partial charge in [-0.3, -0.25) is 9.59 Å². The Hall–Kier alpha value is -3.90. The van der Waals surface area contributed by atoms with Crippen molar-refractivity contribution in [2.75, 3.05) is 37.1 Å². The fourth-order valence-electron chi connectivity index (χ4n) is 3.98. The highest BCUT2D eigenvalue weighted by atomic mass is 19.1. The van der Waals surface area contributed by atoms with Crippen LogP contribution in [0.15, 0.2) is 36.4 Å². The SMILES string of the molecule is CCOC(=O)[C@]1(O)C(=O)N(C)c2cc(F)ccc21.CCOC(=O)[C@]1(O)C(=O)N(C)c2cc(F)ccc21. The number of hydrogen-bond acceptors (Lipinski definition) is 8. The largest absolute Gasteiger partial charge is 0.463 e. The summed E-state index contributed by atoms with van der Waals surface area (Å²) in [6.45, 7) is 3.20. The number of esters is 2. The first-order valence-corrected chi connectivity index (χ1v) is 10.8. The molecule has 2 aromatic rings. The van der Waals surface area contributed by atoms with Crippen LogP contribution >= 0.6 is 0 Å². The van der Waals surface area contributed by atoms with Crippen LogP contribution in [0.1, 0.15) is 25.0 Å². The Balaban J connectivity index is 0.000000201. The van der Waals surface area contributed by atoms with E-state index in [2.05, 4.69) is 0 Å². The zero-order valence-electron chi connectivity index (χ0n) is 19.9. The van der Waals surface area contributed by atoms with Gasteiger partial charge in [0.1, 0.15) is 11.6 Å². The smallest absolute Gasteiger partial charge is 0.353 e. The van der Waals surface area contributed by atoms with Gasteiger partial charge in [-0.2, -0.15) is 0 Å². The van der Waals surface area contributed by atoms with Gasteiger partial charge in [0, 0.05) is 25.2 Å². The summed E-state index contributed by atoms with van der Waals surface area (Å²) < 4.78 is 35.7. The van der Waals surface area contributed by atoms with Gasteiger partial charge in [0.05, 0.1) is 24.6 Å². The molecule has 2 aliphatic heterocycles. The van der Waals surface area contributed by atoms with Gasteiger partial charge in [-0.15, -0.1) is 0 Å². The van der Waals surface area contributed by atoms with Crippen LogP contribution < -0.4 is 9.80 Å². The summed E-state index contributed by atoms with van der Waals surface area (Å²) in [6.07, 6.45) is 0. The lowest BCUT2D eigenvalue weighted by atomic mass is 9.95. The highest BCUT2D eigenvalue weighted by molar-refractivity contribution is 6.19. The molecule has 192 valence electrons. The Bertz CT molecular complexity index is 1160. The lowest BCUT2D eigenvalue weighted by Gasteiger charge is -2.19. The van der Waals surface area contributed by atoms with Crippen molar-refractivity contribution in [1.82, 2.24) is 0 Å². The summed E-state index contributed by atoms with van der Waals surface area (Å²) in [4.78, 5) is 49.5. The molecule has 2 heterocycles. The molecule has 2 aliphatic rings. The van der Waals surface area contributed by atoms with Crippen molar-refractivity contribution in [2.45, 2.75) is 25.0 Å². The molecule has 36 heavy (non-hydrogen) atoms. The Morgan fingerprint density at radius 1 is 0.778 bits per heavy atom. The molecular weight excluding hydrogens is 482 g/mol. The highest BCUT2D eigenvalue weighted by Crippen LogP contribution is 2.41. The zero-order valence-corrected chi connectivity index (χ0v) is 19.9. The molecule has 0 aromatic heterocycles. The van der Waals surface area contributed by atoms with E-state index in [-0.39, 0.29) is 35.7 Å². The fraction of sp³-hybridized carbons (Fsp3) is 0.333. The van der Waals surface area contributed by atoms with Crippen molar-refractivity contribution < 1.29 is 47.6 Å². The number of amides is 2. The molecule has 12 heteroatoms. The van der Waals surface area contributed by atoms with Gasteiger partial charge in [-0.25, -0.2) is 18.4 Å². The molecule has 2 amide bonds. The van der Waals surface area contributed by atoms with Crippen molar-refractivity contribution in [1.29, 1.82) is 0 Å². The van der Waals surface area contributed by atoms with E-state index in [1.54, 1.807) is 13.8 Å². The Morgan fingerprint density at radius 2 is 1.11 bits per heavy atom. The van der Waals surface area contributed by atoms with E-state index >= 15 is 0 Å². The Kier molecular flexibility index (Phi) is 7.14. The summed E-state index contributed by atoms with van der Waals surface area (Å²) in [5, 5.41) is 20.6. The predicted octanol–water partition coefficient (Wildman–Crippen LogP) is 1.11. The monoisotopic (exact) mass is 506 g/mol. The number of fused-ring (bicyclic) bond motifs is 2. The van der Waals surface area contributed by atoms with Gasteiger partial charge in [0.2, 0.25) is 0 Å². The third-order valence-electron chi connectivity index (χ3n) is 5.79. The molecule has 0 spiro atoms. The predicted molar refractivity (Wildman–Crippen MR) is 121 cm³/mol. The Morgan fingerprint density at radius 3 is 1.42 bits per heavy atom. The summed E-state index contributed by atoms with van der Waals surface area (Å²) in [5.41, 5.74) is -4.36. The van der Waals surface area contributed by atoms with Gasteiger partial charge in [-0.05, 0) is 50.2 Å². The minimum atomic E-state index is -2.38. The molecular formula is C24H24F2N2O8. The standard InChI is InChI=1S/2C12H12FNO4/c2*1-3-18-11(16)12(17)8-5-4-7(13)6-9(8)14(2)10(12)15/h2*4-6,17H,3H2,1-2H3/t2*12-/m11/s1. The van der Waals surface area contributed by atoms with E-state index in [4.69, 9.17) is 9.47 Å². The van der Waals surface area contributed by atoms with E-state index in [1.165, 1.54) is 26.2 Å². The number of hydrogen-bond donors (Lipinski definition) is 2. The normalized spacial score (nSPS) is 22.0. The first-order valence-electron chi connectivity index (χ1n) is 10.8. The van der Waals surface area contributed by atoms with Crippen molar-refractivity contribution in [3.05, 3.63) is 59.2 Å². The summed E-state index contributed by atoms with van der Waals surface area (Å²) >= 11 is 0. The first kappa shape index (κ1) is 26.7. The van der Waals surface area contributed by atoms with E-state index in [0.717, 1.165) is 34.1 Å². The molecule has 0 fully saturated rings. The minimum Gasteiger partial charge on any atom is -0.463 e. The highest BCUT2D eigenvalue weighted by Gasteiger charge is 2.57. The van der Waals surface area contributed by atoms with Crippen LogP contribution in [-0.2, 0) is 39.9 Å². The Labute approximate surface area is 204 Å². The van der Waals surface area contributed by atoms with Crippen LogP contribution in [0.4, 0.5) is 20.2 Å². The maximum atomic E-state index is 13.1. The zero-order chi connectivity index (χ0) is 27.0. The maximum absolute atomic E-state index is 13.1. The summed E-state index contributed by atoms with van der Waals surface area (Å²) in [6, 6.07) is 6.76. The van der Waals surface area contributed by atoms with Crippen LogP contribution in [0.25, 0.3) is 0 Å². The number of benzene rings is 2. The lowest BCUT2D eigenvalue weighted by molar-refractivity contribution is -0.171. The number of likely N-dealkylation sites (N-methyl/N-ethyl adjacent to an activating group) is 2. The quantitative estimate of drug-likeness (QED) is 0.465. The number of carbonyl (C=O) groups is 4. The summed E-state index contributed by atoms with van der Waals surface area (Å²) in [5.74, 6) is -4.90. The molecule has 0 saturated carbocycles. The van der Waals surface area contributed by atoms with Crippen molar-refractivity contribution in [3.8, 4) is 0 Å². The molecule has 2 atom stereocenters. The number of aliphatic hydroxyl groups is 2. The minimum absolute atomic E-state index is 0.0364. The maximum Gasteiger partial charge on any atom is 0.353 e. The molecule has 10 nitrogen and oxygen atoms in total. The first-order chi connectivity index (χ1) is 16.8. The van der Waals surface area contributed by atoms with E-state index in [9.17, 15) is 38.2 Å². The van der Waals surface area contributed by atoms with E-state index < -0.39 is 46.6 Å². The number of halogens is 2. The lowest BCUT2D eigenvalue weighted by Crippen LogP contribution is -2.46. The van der Waals surface area contributed by atoms with Crippen LogP contribution in [0.3, 0.4) is 0 Å². The molecule has 0 radical (unpaired) electrons. The second-order valence-electron chi connectivity index (χ2n) is 7.91. The van der Waals surface area contributed by atoms with Gasteiger partial charge < -0.3 is 29.5 Å². The van der Waals surface area contributed by atoms with Crippen molar-refractivity contribution in [3.63, 3.8) is 0 Å². The van der Waals surface area contributed by atoms with Gasteiger partial charge in [-0.1, -0.05) is 0 Å². The topological polar surface area (TPSA) is 134 Å². The van der Waals surface area contributed by atoms with Crippen LogP contribution in [-0.4, -0.2) is 61.3 Å². The van der Waals surface area contributed by atoms with Gasteiger partial charge in [0.15, 0.2) is 0 Å². The average Bonchev–Trinajstić information content (AvgIpc) is 3.16. The molecule has 0 saturated heterocycles. The molecule has 2 aromatic carbocycles. The second-order valence-corrected chi connectivity index (χ2v) is 7.91. The van der Waals surface area contributed by atoms with Gasteiger partial charge >= 0.3 is 11.9 Å². The second kappa shape index (κ2) is 9.63. The number of nitrogens with zero attached hydrogens (tertiary/aromatic N) is 2. The average molecular weight is 506 g/mol.